The number of aliphatic hydroxyl groups is 1. The molecule has 0 saturated carbocycles. The quantitative estimate of drug-likeness (QED) is 0.887. The van der Waals surface area contributed by atoms with Crippen molar-refractivity contribution in [3.05, 3.63) is 11.9 Å². The zero-order chi connectivity index (χ0) is 16.5. The van der Waals surface area contributed by atoms with Crippen molar-refractivity contribution in [3.63, 3.8) is 0 Å². The molecule has 0 unspecified atom stereocenters. The Kier molecular flexibility index (Phi) is 4.15. The minimum absolute atomic E-state index is 0.0687. The van der Waals surface area contributed by atoms with Crippen molar-refractivity contribution in [1.29, 1.82) is 0 Å². The number of nitrogens with zero attached hydrogens (tertiary/aromatic N) is 3. The normalized spacial score (nSPS) is 16.7. The summed E-state index contributed by atoms with van der Waals surface area (Å²) < 4.78 is 15.4. The van der Waals surface area contributed by atoms with E-state index in [9.17, 15) is 9.90 Å². The van der Waals surface area contributed by atoms with Gasteiger partial charge in [-0.25, -0.2) is 9.78 Å². The van der Waals surface area contributed by atoms with E-state index in [-0.39, 0.29) is 30.5 Å². The molecule has 22 heavy (non-hydrogen) atoms. The highest BCUT2D eigenvalue weighted by Gasteiger charge is 2.49. The topological polar surface area (TPSA) is 94.0 Å². The van der Waals surface area contributed by atoms with E-state index in [1.54, 1.807) is 20.8 Å². The van der Waals surface area contributed by atoms with Crippen LogP contribution in [0, 0.1) is 0 Å². The summed E-state index contributed by atoms with van der Waals surface area (Å²) in [6.45, 7) is 5.50. The number of amides is 1. The van der Waals surface area contributed by atoms with Gasteiger partial charge in [-0.15, -0.1) is 0 Å². The van der Waals surface area contributed by atoms with Gasteiger partial charge in [0.25, 0.3) is 0 Å². The second-order valence-electron chi connectivity index (χ2n) is 6.14. The largest absolute Gasteiger partial charge is 0.480 e. The van der Waals surface area contributed by atoms with E-state index in [0.29, 0.717) is 0 Å². The molecule has 1 fully saturated rings. The third kappa shape index (κ3) is 3.22. The van der Waals surface area contributed by atoms with E-state index in [0.717, 1.165) is 0 Å². The van der Waals surface area contributed by atoms with Gasteiger partial charge in [0.2, 0.25) is 11.8 Å². The predicted octanol–water partition coefficient (Wildman–Crippen LogP) is 0.932. The number of β-amino-alcohol motifs (C(OH)–C–C–N with tert-alkyl or cyclic N) is 1. The molecule has 0 atom stereocenters. The molecule has 1 amide bonds. The molecule has 1 aliphatic heterocycles. The minimum Gasteiger partial charge on any atom is -0.480 e. The Labute approximate surface area is 129 Å². The van der Waals surface area contributed by atoms with Crippen LogP contribution in [0.15, 0.2) is 6.20 Å². The van der Waals surface area contributed by atoms with Gasteiger partial charge in [-0.3, -0.25) is 0 Å². The summed E-state index contributed by atoms with van der Waals surface area (Å²) in [7, 11) is 2.89. The Balaban J connectivity index is 2.11. The van der Waals surface area contributed by atoms with Gasteiger partial charge in [-0.2, -0.15) is 4.98 Å². The molecule has 8 nitrogen and oxygen atoms in total. The number of likely N-dealkylation sites (tertiary alicyclic amines) is 1. The smallest absolute Gasteiger partial charge is 0.410 e. The Morgan fingerprint density at radius 2 is 1.95 bits per heavy atom. The van der Waals surface area contributed by atoms with Gasteiger partial charge in [0.15, 0.2) is 0 Å². The highest BCUT2D eigenvalue weighted by Crippen LogP contribution is 2.36. The second-order valence-corrected chi connectivity index (χ2v) is 6.14. The first kappa shape index (κ1) is 16.3. The van der Waals surface area contributed by atoms with Crippen molar-refractivity contribution in [2.45, 2.75) is 32.0 Å². The molecule has 2 rings (SSSR count). The van der Waals surface area contributed by atoms with Crippen LogP contribution < -0.4 is 9.47 Å². The van der Waals surface area contributed by atoms with Crippen LogP contribution in [0.3, 0.4) is 0 Å². The Morgan fingerprint density at radius 1 is 1.32 bits per heavy atom. The molecule has 0 radical (unpaired) electrons. The average Bonchev–Trinajstić information content (AvgIpc) is 2.41. The van der Waals surface area contributed by atoms with E-state index >= 15 is 0 Å². The van der Waals surface area contributed by atoms with E-state index in [1.165, 1.54) is 25.3 Å². The molecule has 2 heterocycles. The molecule has 1 aromatic rings. The van der Waals surface area contributed by atoms with Crippen molar-refractivity contribution in [3.8, 4) is 11.8 Å². The number of aromatic nitrogens is 2. The Hall–Kier alpha value is -2.09. The molecule has 0 aliphatic carbocycles. The van der Waals surface area contributed by atoms with Crippen molar-refractivity contribution in [2.24, 2.45) is 0 Å². The van der Waals surface area contributed by atoms with E-state index in [4.69, 9.17) is 14.2 Å². The predicted molar refractivity (Wildman–Crippen MR) is 76.8 cm³/mol. The summed E-state index contributed by atoms with van der Waals surface area (Å²) in [5.74, 6) is 0.457. The van der Waals surface area contributed by atoms with Crippen molar-refractivity contribution in [2.75, 3.05) is 27.3 Å². The van der Waals surface area contributed by atoms with Crippen molar-refractivity contribution < 1.29 is 24.1 Å². The minimum atomic E-state index is -1.30. The maximum Gasteiger partial charge on any atom is 0.410 e. The third-order valence-corrected chi connectivity index (χ3v) is 3.12. The Morgan fingerprint density at radius 3 is 2.45 bits per heavy atom. The molecule has 1 aliphatic rings. The molecule has 1 N–H and O–H groups in total. The second kappa shape index (κ2) is 5.60. The van der Waals surface area contributed by atoms with Crippen LogP contribution in [0.4, 0.5) is 4.79 Å². The molecule has 122 valence electrons. The van der Waals surface area contributed by atoms with Gasteiger partial charge in [-0.1, -0.05) is 0 Å². The number of hydrogen-bond acceptors (Lipinski definition) is 7. The number of methoxy groups -OCH3 is 2. The van der Waals surface area contributed by atoms with Gasteiger partial charge in [0.1, 0.15) is 16.9 Å². The molecule has 0 bridgehead atoms. The summed E-state index contributed by atoms with van der Waals surface area (Å²) in [4.78, 5) is 21.5. The summed E-state index contributed by atoms with van der Waals surface area (Å²) in [5.41, 5.74) is -1.61. The first-order chi connectivity index (χ1) is 10.2. The van der Waals surface area contributed by atoms with Crippen molar-refractivity contribution in [1.82, 2.24) is 14.9 Å². The fourth-order valence-corrected chi connectivity index (χ4v) is 2.11. The van der Waals surface area contributed by atoms with E-state index < -0.39 is 17.3 Å². The highest BCUT2D eigenvalue weighted by atomic mass is 16.6. The molecular formula is C14H21N3O5. The molecule has 1 saturated heterocycles. The van der Waals surface area contributed by atoms with Gasteiger partial charge in [-0.05, 0) is 20.8 Å². The van der Waals surface area contributed by atoms with Gasteiger partial charge < -0.3 is 24.2 Å². The summed E-state index contributed by atoms with van der Waals surface area (Å²) >= 11 is 0. The lowest BCUT2D eigenvalue weighted by Gasteiger charge is -2.45. The molecule has 0 aromatic carbocycles. The summed E-state index contributed by atoms with van der Waals surface area (Å²) in [6.07, 6.45) is 0.920. The summed E-state index contributed by atoms with van der Waals surface area (Å²) in [5, 5.41) is 10.6. The van der Waals surface area contributed by atoms with Gasteiger partial charge in [0.05, 0.1) is 33.5 Å². The first-order valence-corrected chi connectivity index (χ1v) is 6.84. The lowest BCUT2D eigenvalue weighted by Crippen LogP contribution is -2.62. The van der Waals surface area contributed by atoms with Crippen LogP contribution in [-0.2, 0) is 10.3 Å². The number of carbonyl (C=O) groups excluding carboxylic acids is 1. The standard InChI is InChI=1S/C14H21N3O5/c1-13(2,3)22-12(18)17-7-14(19,8-17)10-11(21-5)16-9(20-4)6-15-10/h6,19H,7-8H2,1-5H3. The monoisotopic (exact) mass is 311 g/mol. The molecule has 1 aromatic heterocycles. The van der Waals surface area contributed by atoms with Crippen LogP contribution >= 0.6 is 0 Å². The fourth-order valence-electron chi connectivity index (χ4n) is 2.11. The van der Waals surface area contributed by atoms with Gasteiger partial charge >= 0.3 is 6.09 Å². The van der Waals surface area contributed by atoms with Crippen LogP contribution in [0.5, 0.6) is 11.8 Å². The summed E-state index contributed by atoms with van der Waals surface area (Å²) in [6, 6.07) is 0. The molecule has 0 spiro atoms. The van der Waals surface area contributed by atoms with Crippen molar-refractivity contribution >= 4 is 6.09 Å². The maximum absolute atomic E-state index is 11.9. The zero-order valence-electron chi connectivity index (χ0n) is 13.4. The van der Waals surface area contributed by atoms with Crippen LogP contribution in [-0.4, -0.2) is 59.0 Å². The average molecular weight is 311 g/mol. The van der Waals surface area contributed by atoms with Crippen LogP contribution in [0.1, 0.15) is 26.5 Å². The third-order valence-electron chi connectivity index (χ3n) is 3.12. The SMILES string of the molecule is COc1cnc(C2(O)CN(C(=O)OC(C)(C)C)C2)c(OC)n1. The number of hydrogen-bond donors (Lipinski definition) is 1. The Bertz CT molecular complexity index is 564. The fraction of sp³-hybridized carbons (Fsp3) is 0.643. The zero-order valence-corrected chi connectivity index (χ0v) is 13.4. The first-order valence-electron chi connectivity index (χ1n) is 6.84. The highest BCUT2D eigenvalue weighted by molar-refractivity contribution is 5.70. The molecule has 8 heteroatoms. The van der Waals surface area contributed by atoms with Crippen LogP contribution in [0.25, 0.3) is 0 Å². The van der Waals surface area contributed by atoms with Crippen LogP contribution in [0.2, 0.25) is 0 Å². The lowest BCUT2D eigenvalue weighted by atomic mass is 9.90. The molecular weight excluding hydrogens is 290 g/mol. The number of ether oxygens (including phenoxy) is 3. The lowest BCUT2D eigenvalue weighted by molar-refractivity contribution is -0.107. The van der Waals surface area contributed by atoms with E-state index in [2.05, 4.69) is 9.97 Å². The van der Waals surface area contributed by atoms with Gasteiger partial charge in [0, 0.05) is 0 Å². The maximum atomic E-state index is 11.9. The van der Waals surface area contributed by atoms with E-state index in [1.807, 2.05) is 0 Å². The number of rotatable bonds is 3. The number of carbonyl (C=O) groups is 1.